The highest BCUT2D eigenvalue weighted by Crippen LogP contribution is 2.46. The molecular weight excluding hydrogens is 682 g/mol. The highest BCUT2D eigenvalue weighted by atomic mass is 35.5. The minimum absolute atomic E-state index is 0.0391. The predicted octanol–water partition coefficient (Wildman–Crippen LogP) is 6.59. The SMILES string of the molecule is COC1[C@@H](n2cc(-c3nc(Cl)cs3)nn2)[C@H]2OC(c3ccccc3)OCC2O[C@H]1c1cc(C#N)nn1-c1cc(Cl)ccc1C(F)(F)F. The van der Waals surface area contributed by atoms with Gasteiger partial charge in [0.2, 0.25) is 0 Å². The van der Waals surface area contributed by atoms with Gasteiger partial charge >= 0.3 is 6.18 Å². The van der Waals surface area contributed by atoms with Crippen molar-refractivity contribution in [1.29, 1.82) is 5.26 Å². The van der Waals surface area contributed by atoms with Crippen LogP contribution in [0.2, 0.25) is 10.2 Å². The molecule has 2 fully saturated rings. The van der Waals surface area contributed by atoms with E-state index in [0.717, 1.165) is 28.4 Å². The van der Waals surface area contributed by atoms with E-state index in [4.69, 9.17) is 42.1 Å². The average molecular weight is 705 g/mol. The van der Waals surface area contributed by atoms with Crippen molar-refractivity contribution < 1.29 is 32.1 Å². The van der Waals surface area contributed by atoms with Gasteiger partial charge in [0, 0.05) is 29.1 Å². The summed E-state index contributed by atoms with van der Waals surface area (Å²) in [6.07, 6.45) is -7.38. The summed E-state index contributed by atoms with van der Waals surface area (Å²) in [5.74, 6) is 0. The number of ether oxygens (including phenoxy) is 4. The third kappa shape index (κ3) is 6.02. The molecular formula is C30H22Cl2F3N7O4S. The summed E-state index contributed by atoms with van der Waals surface area (Å²) in [6.45, 7) is 0.0571. The largest absolute Gasteiger partial charge is 0.418 e. The molecule has 0 N–H and O–H groups in total. The molecule has 0 saturated carbocycles. The Morgan fingerprint density at radius 2 is 1.91 bits per heavy atom. The molecule has 2 aromatic carbocycles. The summed E-state index contributed by atoms with van der Waals surface area (Å²) in [5, 5.41) is 25.2. The molecule has 3 aromatic heterocycles. The van der Waals surface area contributed by atoms with Gasteiger partial charge in [-0.05, 0) is 18.2 Å². The zero-order valence-corrected chi connectivity index (χ0v) is 26.4. The lowest BCUT2D eigenvalue weighted by Crippen LogP contribution is -2.57. The van der Waals surface area contributed by atoms with E-state index in [-0.39, 0.29) is 28.7 Å². The Bertz CT molecular complexity index is 1950. The second-order valence-electron chi connectivity index (χ2n) is 10.7. The molecule has 5 heterocycles. The number of nitriles is 1. The predicted molar refractivity (Wildman–Crippen MR) is 162 cm³/mol. The third-order valence-electron chi connectivity index (χ3n) is 7.84. The Morgan fingerprint density at radius 3 is 2.62 bits per heavy atom. The Labute approximate surface area is 279 Å². The summed E-state index contributed by atoms with van der Waals surface area (Å²) in [7, 11) is 1.44. The van der Waals surface area contributed by atoms with Crippen molar-refractivity contribution in [2.24, 2.45) is 0 Å². The molecule has 0 amide bonds. The summed E-state index contributed by atoms with van der Waals surface area (Å²) in [6, 6.07) is 15.0. The molecule has 7 rings (SSSR count). The van der Waals surface area contributed by atoms with Crippen molar-refractivity contribution >= 4 is 34.5 Å². The van der Waals surface area contributed by atoms with E-state index in [0.29, 0.717) is 15.9 Å². The van der Waals surface area contributed by atoms with Crippen molar-refractivity contribution in [3.8, 4) is 22.5 Å². The van der Waals surface area contributed by atoms with E-state index in [1.54, 1.807) is 16.3 Å². The fourth-order valence-electron chi connectivity index (χ4n) is 5.84. The van der Waals surface area contributed by atoms with Crippen LogP contribution in [0.3, 0.4) is 0 Å². The maximum atomic E-state index is 14.2. The van der Waals surface area contributed by atoms with Gasteiger partial charge in [-0.1, -0.05) is 58.7 Å². The molecule has 0 spiro atoms. The lowest BCUT2D eigenvalue weighted by atomic mass is 9.89. The van der Waals surface area contributed by atoms with Crippen LogP contribution >= 0.6 is 34.5 Å². The second-order valence-corrected chi connectivity index (χ2v) is 12.3. The first kappa shape index (κ1) is 31.7. The maximum absolute atomic E-state index is 14.2. The summed E-state index contributed by atoms with van der Waals surface area (Å²) >= 11 is 13.5. The van der Waals surface area contributed by atoms with Crippen molar-refractivity contribution in [3.63, 3.8) is 0 Å². The van der Waals surface area contributed by atoms with Gasteiger partial charge < -0.3 is 18.9 Å². The van der Waals surface area contributed by atoms with Crippen LogP contribution in [0.1, 0.15) is 41.0 Å². The first-order chi connectivity index (χ1) is 22.6. The van der Waals surface area contributed by atoms with Crippen molar-refractivity contribution in [2.75, 3.05) is 13.7 Å². The number of aromatic nitrogens is 6. The molecule has 2 aliphatic heterocycles. The highest BCUT2D eigenvalue weighted by molar-refractivity contribution is 7.13. The van der Waals surface area contributed by atoms with E-state index in [9.17, 15) is 18.4 Å². The standard InChI is InChI=1S/C30H22Cl2F3N7O4S/c1-43-27-24(41-12-19(38-40-41)28-37-23(32)14-47-28)26-22(13-44-29(46-26)15-5-3-2-4-6-15)45-25(27)21-10-17(11-36)39-42(21)20-9-16(31)7-8-18(20)30(33,34)35/h2-10,12,14,22,24-27,29H,13H2,1H3/t22?,24-,25-,26-,27?,29?/m0/s1. The van der Waals surface area contributed by atoms with E-state index < -0.39 is 48.5 Å². The summed E-state index contributed by atoms with van der Waals surface area (Å²) in [5.41, 5.74) is -0.213. The quantitative estimate of drug-likeness (QED) is 0.193. The van der Waals surface area contributed by atoms with Crippen LogP contribution in [0.15, 0.2) is 66.2 Å². The van der Waals surface area contributed by atoms with Crippen molar-refractivity contribution in [3.05, 3.63) is 98.9 Å². The van der Waals surface area contributed by atoms with E-state index in [1.807, 2.05) is 36.4 Å². The van der Waals surface area contributed by atoms with Gasteiger partial charge in [-0.15, -0.1) is 16.4 Å². The molecule has 242 valence electrons. The van der Waals surface area contributed by atoms with E-state index in [2.05, 4.69) is 20.4 Å². The van der Waals surface area contributed by atoms with Crippen LogP contribution in [-0.2, 0) is 25.1 Å². The smallest absolute Gasteiger partial charge is 0.376 e. The monoisotopic (exact) mass is 703 g/mol. The van der Waals surface area contributed by atoms with E-state index >= 15 is 0 Å². The number of thiazole rings is 1. The van der Waals surface area contributed by atoms with Gasteiger partial charge in [-0.2, -0.15) is 23.5 Å². The van der Waals surface area contributed by atoms with Crippen molar-refractivity contribution in [1.82, 2.24) is 29.8 Å². The first-order valence-electron chi connectivity index (χ1n) is 14.0. The summed E-state index contributed by atoms with van der Waals surface area (Å²) < 4.78 is 70.4. The lowest BCUT2D eigenvalue weighted by Gasteiger charge is -2.49. The number of hydrogen-bond acceptors (Lipinski definition) is 10. The first-order valence-corrected chi connectivity index (χ1v) is 15.7. The number of fused-ring (bicyclic) bond motifs is 1. The number of benzene rings is 2. The van der Waals surface area contributed by atoms with Crippen molar-refractivity contribution in [2.45, 2.75) is 42.9 Å². The Kier molecular flexibility index (Phi) is 8.51. The van der Waals surface area contributed by atoms with Gasteiger partial charge in [-0.3, -0.25) is 0 Å². The fraction of sp³-hybridized carbons (Fsp3) is 0.300. The van der Waals surface area contributed by atoms with Gasteiger partial charge in [0.1, 0.15) is 52.4 Å². The third-order valence-corrected chi connectivity index (χ3v) is 9.27. The number of nitrogens with zero attached hydrogens (tertiary/aromatic N) is 7. The topological polar surface area (TPSA) is 122 Å². The molecule has 3 unspecified atom stereocenters. The highest BCUT2D eigenvalue weighted by Gasteiger charge is 2.53. The molecule has 11 nitrogen and oxygen atoms in total. The second kappa shape index (κ2) is 12.6. The molecule has 0 radical (unpaired) electrons. The van der Waals surface area contributed by atoms with Crippen LogP contribution < -0.4 is 0 Å². The summed E-state index contributed by atoms with van der Waals surface area (Å²) in [4.78, 5) is 4.28. The van der Waals surface area contributed by atoms with Crippen LogP contribution in [0, 0.1) is 11.3 Å². The van der Waals surface area contributed by atoms with E-state index in [1.165, 1.54) is 24.5 Å². The molecule has 0 aliphatic carbocycles. The zero-order valence-electron chi connectivity index (χ0n) is 24.1. The molecule has 17 heteroatoms. The van der Waals surface area contributed by atoms with Crippen LogP contribution in [-0.4, -0.2) is 61.8 Å². The molecule has 5 aromatic rings. The number of hydrogen-bond donors (Lipinski definition) is 0. The zero-order chi connectivity index (χ0) is 32.9. The van der Waals surface area contributed by atoms with Gasteiger partial charge in [0.15, 0.2) is 12.0 Å². The van der Waals surface area contributed by atoms with Gasteiger partial charge in [-0.25, -0.2) is 14.3 Å². The van der Waals surface area contributed by atoms with Crippen LogP contribution in [0.5, 0.6) is 0 Å². The number of alkyl halides is 3. The molecule has 2 aliphatic rings. The minimum Gasteiger partial charge on any atom is -0.376 e. The number of methoxy groups -OCH3 is 1. The maximum Gasteiger partial charge on any atom is 0.418 e. The number of halogens is 5. The van der Waals surface area contributed by atoms with Gasteiger partial charge in [0.05, 0.1) is 29.7 Å². The fourth-order valence-corrected chi connectivity index (χ4v) is 6.90. The number of rotatable bonds is 6. The normalized spacial score (nSPS) is 24.5. The Balaban J connectivity index is 1.35. The van der Waals surface area contributed by atoms with Crippen LogP contribution in [0.4, 0.5) is 13.2 Å². The molecule has 0 bridgehead atoms. The lowest BCUT2D eigenvalue weighted by molar-refractivity contribution is -0.320. The Morgan fingerprint density at radius 1 is 1.11 bits per heavy atom. The minimum atomic E-state index is -4.76. The molecule has 47 heavy (non-hydrogen) atoms. The van der Waals surface area contributed by atoms with Gasteiger partial charge in [0.25, 0.3) is 0 Å². The van der Waals surface area contributed by atoms with Crippen LogP contribution in [0.25, 0.3) is 16.4 Å². The molecule has 6 atom stereocenters. The Hall–Kier alpha value is -3.88. The average Bonchev–Trinajstić information content (AvgIpc) is 3.83. The molecule has 2 saturated heterocycles.